The van der Waals surface area contributed by atoms with Crippen LogP contribution in [0.25, 0.3) is 0 Å². The second-order valence-corrected chi connectivity index (χ2v) is 2.87. The fraction of sp³-hybridized carbons (Fsp3) is 0.333. The summed E-state index contributed by atoms with van der Waals surface area (Å²) in [7, 11) is 0. The Balaban J connectivity index is 2.50. The summed E-state index contributed by atoms with van der Waals surface area (Å²) in [6.07, 6.45) is 0. The molecule has 4 nitrogen and oxygen atoms in total. The highest BCUT2D eigenvalue weighted by atomic mass is 32.1. The molecule has 0 aliphatic rings. The second kappa shape index (κ2) is 3.45. The Kier molecular flexibility index (Phi) is 2.56. The first-order valence-corrected chi connectivity index (χ1v) is 4.09. The Labute approximate surface area is 68.4 Å². The van der Waals surface area contributed by atoms with Crippen molar-refractivity contribution in [2.75, 3.05) is 5.32 Å². The third-order valence-corrected chi connectivity index (χ3v) is 1.68. The molecule has 1 aromatic heterocycles. The zero-order chi connectivity index (χ0) is 8.27. The highest BCUT2D eigenvalue weighted by Crippen LogP contribution is 2.06. The largest absolute Gasteiger partial charge is 0.320 e. The molecule has 1 rings (SSSR count). The van der Waals surface area contributed by atoms with Gasteiger partial charge in [-0.3, -0.25) is 4.79 Å². The highest BCUT2D eigenvalue weighted by Gasteiger charge is 2.07. The van der Waals surface area contributed by atoms with Crippen molar-refractivity contribution in [3.63, 3.8) is 0 Å². The van der Waals surface area contributed by atoms with Crippen LogP contribution in [0.2, 0.25) is 0 Å². The first-order chi connectivity index (χ1) is 5.20. The Hall–Kier alpha value is -0.940. The van der Waals surface area contributed by atoms with E-state index in [0.717, 1.165) is 0 Å². The molecule has 0 spiro atoms. The minimum atomic E-state index is -0.489. The molecule has 11 heavy (non-hydrogen) atoms. The zero-order valence-corrected chi connectivity index (χ0v) is 6.89. The number of carbonyl (C=O) groups excluding carboxylic acids is 1. The van der Waals surface area contributed by atoms with E-state index in [0.29, 0.717) is 5.82 Å². The smallest absolute Gasteiger partial charge is 0.242 e. The van der Waals surface area contributed by atoms with Gasteiger partial charge in [0.15, 0.2) is 0 Å². The lowest BCUT2D eigenvalue weighted by molar-refractivity contribution is -0.117. The van der Waals surface area contributed by atoms with E-state index >= 15 is 0 Å². The molecule has 3 N–H and O–H groups in total. The van der Waals surface area contributed by atoms with Gasteiger partial charge in [-0.2, -0.15) is 0 Å². The first kappa shape index (κ1) is 8.16. The van der Waals surface area contributed by atoms with Crippen molar-refractivity contribution in [1.29, 1.82) is 0 Å². The molecule has 1 amide bonds. The molecule has 1 atom stereocenters. The fourth-order valence-corrected chi connectivity index (χ4v) is 0.998. The number of nitrogens with two attached hydrogens (primary N) is 1. The van der Waals surface area contributed by atoms with E-state index in [4.69, 9.17) is 5.73 Å². The van der Waals surface area contributed by atoms with E-state index < -0.39 is 6.04 Å². The van der Waals surface area contributed by atoms with Crippen molar-refractivity contribution in [2.24, 2.45) is 5.73 Å². The Morgan fingerprint density at radius 1 is 1.91 bits per heavy atom. The molecule has 0 unspecified atom stereocenters. The number of anilines is 1. The normalized spacial score (nSPS) is 12.5. The Morgan fingerprint density at radius 2 is 2.64 bits per heavy atom. The van der Waals surface area contributed by atoms with Crippen LogP contribution in [0.15, 0.2) is 10.9 Å². The predicted molar refractivity (Wildman–Crippen MR) is 44.4 cm³/mol. The minimum Gasteiger partial charge on any atom is -0.320 e. The molecule has 0 aromatic carbocycles. The van der Waals surface area contributed by atoms with Crippen LogP contribution in [0.5, 0.6) is 0 Å². The Morgan fingerprint density at radius 3 is 3.09 bits per heavy atom. The summed E-state index contributed by atoms with van der Waals surface area (Å²) < 4.78 is 0. The van der Waals surface area contributed by atoms with Crippen LogP contribution in [0.1, 0.15) is 6.92 Å². The van der Waals surface area contributed by atoms with Crippen LogP contribution >= 0.6 is 11.3 Å². The van der Waals surface area contributed by atoms with Gasteiger partial charge in [0.2, 0.25) is 5.91 Å². The zero-order valence-electron chi connectivity index (χ0n) is 6.07. The molecule has 0 bridgehead atoms. The summed E-state index contributed by atoms with van der Waals surface area (Å²) in [5, 5.41) is 4.31. The van der Waals surface area contributed by atoms with Gasteiger partial charge < -0.3 is 11.1 Å². The van der Waals surface area contributed by atoms with E-state index in [-0.39, 0.29) is 5.91 Å². The molecule has 0 fully saturated rings. The number of aromatic nitrogens is 1. The summed E-state index contributed by atoms with van der Waals surface area (Å²) in [5.74, 6) is 0.355. The maximum absolute atomic E-state index is 10.9. The van der Waals surface area contributed by atoms with Crippen LogP contribution in [0.3, 0.4) is 0 Å². The number of nitrogens with zero attached hydrogens (tertiary/aromatic N) is 1. The number of thiazole rings is 1. The van der Waals surface area contributed by atoms with Crippen molar-refractivity contribution in [3.05, 3.63) is 10.9 Å². The quantitative estimate of drug-likeness (QED) is 0.678. The highest BCUT2D eigenvalue weighted by molar-refractivity contribution is 7.07. The molecule has 5 heteroatoms. The van der Waals surface area contributed by atoms with Crippen LogP contribution in [0.4, 0.5) is 5.82 Å². The van der Waals surface area contributed by atoms with E-state index in [1.54, 1.807) is 17.8 Å². The van der Waals surface area contributed by atoms with Crippen molar-refractivity contribution >= 4 is 23.1 Å². The molecule has 1 aromatic rings. The van der Waals surface area contributed by atoms with Gasteiger partial charge in [-0.15, -0.1) is 11.3 Å². The summed E-state index contributed by atoms with van der Waals surface area (Å²) >= 11 is 1.43. The number of rotatable bonds is 2. The van der Waals surface area contributed by atoms with Crippen LogP contribution in [-0.4, -0.2) is 16.9 Å². The fourth-order valence-electron chi connectivity index (χ4n) is 0.514. The van der Waals surface area contributed by atoms with E-state index in [1.807, 2.05) is 0 Å². The van der Waals surface area contributed by atoms with Gasteiger partial charge in [0.25, 0.3) is 0 Å². The lowest BCUT2D eigenvalue weighted by Gasteiger charge is -2.03. The summed E-state index contributed by atoms with van der Waals surface area (Å²) in [6, 6.07) is -0.489. The van der Waals surface area contributed by atoms with Crippen molar-refractivity contribution in [1.82, 2.24) is 4.98 Å². The second-order valence-electron chi connectivity index (χ2n) is 2.15. The van der Waals surface area contributed by atoms with Gasteiger partial charge in [-0.25, -0.2) is 4.98 Å². The lowest BCUT2D eigenvalue weighted by atomic mass is 10.3. The lowest BCUT2D eigenvalue weighted by Crippen LogP contribution is -2.32. The predicted octanol–water partition coefficient (Wildman–Crippen LogP) is 0.429. The van der Waals surface area contributed by atoms with Crippen LogP contribution in [0, 0.1) is 0 Å². The molecule has 60 valence electrons. The minimum absolute atomic E-state index is 0.212. The summed E-state index contributed by atoms with van der Waals surface area (Å²) in [4.78, 5) is 14.8. The number of hydrogen-bond donors (Lipinski definition) is 2. The van der Waals surface area contributed by atoms with Gasteiger partial charge in [0, 0.05) is 5.38 Å². The summed E-state index contributed by atoms with van der Waals surface area (Å²) in [5.41, 5.74) is 6.97. The number of carbonyl (C=O) groups is 1. The van der Waals surface area contributed by atoms with Crippen LogP contribution in [-0.2, 0) is 4.79 Å². The van der Waals surface area contributed by atoms with Crippen molar-refractivity contribution in [3.8, 4) is 0 Å². The maximum atomic E-state index is 10.9. The topological polar surface area (TPSA) is 68.0 Å². The van der Waals surface area contributed by atoms with Gasteiger partial charge in [0.05, 0.1) is 11.6 Å². The molecule has 1 heterocycles. The van der Waals surface area contributed by atoms with E-state index in [2.05, 4.69) is 10.3 Å². The third-order valence-electron chi connectivity index (χ3n) is 1.10. The molecule has 0 saturated carbocycles. The average molecular weight is 171 g/mol. The summed E-state index contributed by atoms with van der Waals surface area (Å²) in [6.45, 7) is 1.63. The van der Waals surface area contributed by atoms with Gasteiger partial charge in [-0.1, -0.05) is 0 Å². The number of nitrogens with one attached hydrogen (secondary N) is 1. The van der Waals surface area contributed by atoms with E-state index in [9.17, 15) is 4.79 Å². The van der Waals surface area contributed by atoms with Gasteiger partial charge in [0.1, 0.15) is 5.82 Å². The average Bonchev–Trinajstić information content (AvgIpc) is 2.39. The van der Waals surface area contributed by atoms with Crippen molar-refractivity contribution < 1.29 is 4.79 Å². The van der Waals surface area contributed by atoms with Crippen molar-refractivity contribution in [2.45, 2.75) is 13.0 Å². The van der Waals surface area contributed by atoms with Gasteiger partial charge in [-0.05, 0) is 6.92 Å². The van der Waals surface area contributed by atoms with E-state index in [1.165, 1.54) is 11.3 Å². The SMILES string of the molecule is C[C@H](N)C(=O)Nc1cscn1. The molecule has 0 saturated heterocycles. The number of hydrogen-bond acceptors (Lipinski definition) is 4. The third kappa shape index (κ3) is 2.28. The number of amides is 1. The standard InChI is InChI=1S/C6H9N3OS/c1-4(7)6(10)9-5-2-11-3-8-5/h2-4H,7H2,1H3,(H,9,10)/t4-/m0/s1. The monoisotopic (exact) mass is 171 g/mol. The maximum Gasteiger partial charge on any atom is 0.242 e. The molecule has 0 radical (unpaired) electrons. The van der Waals surface area contributed by atoms with Crippen LogP contribution < -0.4 is 11.1 Å². The molecule has 0 aliphatic carbocycles. The molecular formula is C6H9N3OS. The molecular weight excluding hydrogens is 162 g/mol. The molecule has 0 aliphatic heterocycles. The van der Waals surface area contributed by atoms with Gasteiger partial charge >= 0.3 is 0 Å². The first-order valence-electron chi connectivity index (χ1n) is 3.15. The Bertz CT molecular complexity index is 232.